The highest BCUT2D eigenvalue weighted by Crippen LogP contribution is 2.18. The molecule has 1 unspecified atom stereocenters. The molecule has 0 spiro atoms. The summed E-state index contributed by atoms with van der Waals surface area (Å²) in [6.07, 6.45) is 1.44. The molecular weight excluding hydrogens is 280 g/mol. The molecule has 0 aromatic carbocycles. The second-order valence-electron chi connectivity index (χ2n) is 5.23. The van der Waals surface area contributed by atoms with E-state index in [2.05, 4.69) is 15.3 Å². The van der Waals surface area contributed by atoms with Gasteiger partial charge in [0, 0.05) is 18.5 Å². The fourth-order valence-electron chi connectivity index (χ4n) is 2.05. The highest BCUT2D eigenvalue weighted by Gasteiger charge is 2.28. The standard InChI is InChI=1S/C13H17ClN4O2/c1-7(2)12-15-4-9(14)11(17-12)13(20)18-5-8(3)16-10(19)6-18/h4,7-8H,5-6H2,1-3H3,(H,16,19). The van der Waals surface area contributed by atoms with Crippen LogP contribution in [0.25, 0.3) is 0 Å². The van der Waals surface area contributed by atoms with Crippen molar-refractivity contribution in [3.8, 4) is 0 Å². The molecule has 1 aromatic heterocycles. The van der Waals surface area contributed by atoms with Crippen molar-refractivity contribution in [1.29, 1.82) is 0 Å². The molecule has 1 aromatic rings. The largest absolute Gasteiger partial charge is 0.350 e. The summed E-state index contributed by atoms with van der Waals surface area (Å²) < 4.78 is 0. The van der Waals surface area contributed by atoms with Gasteiger partial charge in [-0.1, -0.05) is 25.4 Å². The van der Waals surface area contributed by atoms with Gasteiger partial charge in [0.25, 0.3) is 5.91 Å². The van der Waals surface area contributed by atoms with E-state index < -0.39 is 0 Å². The molecular formula is C13H17ClN4O2. The molecule has 7 heteroatoms. The van der Waals surface area contributed by atoms with Gasteiger partial charge in [-0.3, -0.25) is 9.59 Å². The summed E-state index contributed by atoms with van der Waals surface area (Å²) in [5, 5.41) is 2.97. The van der Waals surface area contributed by atoms with Crippen molar-refractivity contribution in [3.05, 3.63) is 22.7 Å². The number of halogens is 1. The SMILES string of the molecule is CC1CN(C(=O)c2nc(C(C)C)ncc2Cl)CC(=O)N1. The number of carbonyl (C=O) groups is 2. The Labute approximate surface area is 122 Å². The molecule has 6 nitrogen and oxygen atoms in total. The van der Waals surface area contributed by atoms with Gasteiger partial charge in [0.2, 0.25) is 5.91 Å². The first-order chi connectivity index (χ1) is 9.38. The van der Waals surface area contributed by atoms with Crippen LogP contribution in [0, 0.1) is 0 Å². The molecule has 1 atom stereocenters. The predicted octanol–water partition coefficient (Wildman–Crippen LogP) is 1.21. The summed E-state index contributed by atoms with van der Waals surface area (Å²) in [4.78, 5) is 33.8. The number of carbonyl (C=O) groups excluding carboxylic acids is 2. The van der Waals surface area contributed by atoms with Crippen molar-refractivity contribution in [2.45, 2.75) is 32.7 Å². The van der Waals surface area contributed by atoms with E-state index in [1.54, 1.807) is 0 Å². The molecule has 2 rings (SSSR count). The quantitative estimate of drug-likeness (QED) is 0.890. The monoisotopic (exact) mass is 296 g/mol. The molecule has 108 valence electrons. The summed E-state index contributed by atoms with van der Waals surface area (Å²) in [5.41, 5.74) is 0.160. The van der Waals surface area contributed by atoms with Crippen LogP contribution in [0.2, 0.25) is 5.02 Å². The number of amides is 2. The Morgan fingerprint density at radius 2 is 2.25 bits per heavy atom. The number of rotatable bonds is 2. The van der Waals surface area contributed by atoms with E-state index in [0.717, 1.165) is 0 Å². The first kappa shape index (κ1) is 14.7. The fourth-order valence-corrected chi connectivity index (χ4v) is 2.22. The second kappa shape index (κ2) is 5.75. The summed E-state index contributed by atoms with van der Waals surface area (Å²) >= 11 is 6.01. The molecule has 1 fully saturated rings. The first-order valence-corrected chi connectivity index (χ1v) is 6.87. The third-order valence-electron chi connectivity index (χ3n) is 3.01. The van der Waals surface area contributed by atoms with Crippen LogP contribution in [0.15, 0.2) is 6.20 Å². The number of nitrogens with zero attached hydrogens (tertiary/aromatic N) is 3. The molecule has 0 saturated carbocycles. The zero-order valence-corrected chi connectivity index (χ0v) is 12.4. The van der Waals surface area contributed by atoms with Gasteiger partial charge in [-0.15, -0.1) is 0 Å². The topological polar surface area (TPSA) is 75.2 Å². The van der Waals surface area contributed by atoms with E-state index in [-0.39, 0.29) is 41.0 Å². The fraction of sp³-hybridized carbons (Fsp3) is 0.538. The molecule has 1 N–H and O–H groups in total. The van der Waals surface area contributed by atoms with Crippen LogP contribution in [-0.4, -0.2) is 45.8 Å². The number of nitrogens with one attached hydrogen (secondary N) is 1. The third kappa shape index (κ3) is 3.07. The van der Waals surface area contributed by atoms with Gasteiger partial charge in [-0.05, 0) is 6.92 Å². The van der Waals surface area contributed by atoms with Gasteiger partial charge in [-0.25, -0.2) is 9.97 Å². The van der Waals surface area contributed by atoms with Crippen LogP contribution in [0.3, 0.4) is 0 Å². The summed E-state index contributed by atoms with van der Waals surface area (Å²) in [6, 6.07) is -0.0784. The minimum Gasteiger partial charge on any atom is -0.350 e. The highest BCUT2D eigenvalue weighted by molar-refractivity contribution is 6.33. The van der Waals surface area contributed by atoms with Gasteiger partial charge < -0.3 is 10.2 Å². The molecule has 1 aliphatic heterocycles. The lowest BCUT2D eigenvalue weighted by Gasteiger charge is -2.31. The van der Waals surface area contributed by atoms with Gasteiger partial charge in [0.05, 0.1) is 17.8 Å². The predicted molar refractivity (Wildman–Crippen MR) is 74.6 cm³/mol. The molecule has 0 radical (unpaired) electrons. The van der Waals surface area contributed by atoms with Gasteiger partial charge in [0.15, 0.2) is 5.69 Å². The summed E-state index contributed by atoms with van der Waals surface area (Å²) in [5.74, 6) is 0.155. The van der Waals surface area contributed by atoms with Gasteiger partial charge in [0.1, 0.15) is 5.82 Å². The average molecular weight is 297 g/mol. The van der Waals surface area contributed by atoms with Crippen molar-refractivity contribution in [1.82, 2.24) is 20.2 Å². The van der Waals surface area contributed by atoms with Crippen LogP contribution < -0.4 is 5.32 Å². The number of hydrogen-bond donors (Lipinski definition) is 1. The van der Waals surface area contributed by atoms with Crippen molar-refractivity contribution < 1.29 is 9.59 Å². The third-order valence-corrected chi connectivity index (χ3v) is 3.28. The minimum absolute atomic E-state index is 0.0283. The smallest absolute Gasteiger partial charge is 0.274 e. The van der Waals surface area contributed by atoms with Crippen LogP contribution in [0.4, 0.5) is 0 Å². The maximum absolute atomic E-state index is 12.5. The Morgan fingerprint density at radius 1 is 1.55 bits per heavy atom. The Bertz CT molecular complexity index is 547. The van der Waals surface area contributed by atoms with Crippen molar-refractivity contribution >= 4 is 23.4 Å². The molecule has 1 aliphatic rings. The number of aromatic nitrogens is 2. The lowest BCUT2D eigenvalue weighted by Crippen LogP contribution is -2.54. The minimum atomic E-state index is -0.332. The molecule has 2 heterocycles. The van der Waals surface area contributed by atoms with Crippen LogP contribution in [0.1, 0.15) is 43.0 Å². The average Bonchev–Trinajstić information content (AvgIpc) is 2.37. The Hall–Kier alpha value is -1.69. The van der Waals surface area contributed by atoms with E-state index in [0.29, 0.717) is 12.4 Å². The normalized spacial score (nSPS) is 19.1. The maximum Gasteiger partial charge on any atom is 0.274 e. The van der Waals surface area contributed by atoms with Crippen LogP contribution in [0.5, 0.6) is 0 Å². The summed E-state index contributed by atoms with van der Waals surface area (Å²) in [7, 11) is 0. The highest BCUT2D eigenvalue weighted by atomic mass is 35.5. The van der Waals surface area contributed by atoms with E-state index in [1.165, 1.54) is 11.1 Å². The van der Waals surface area contributed by atoms with E-state index in [9.17, 15) is 9.59 Å². The molecule has 0 bridgehead atoms. The zero-order valence-electron chi connectivity index (χ0n) is 11.7. The molecule has 0 aliphatic carbocycles. The zero-order chi connectivity index (χ0) is 14.9. The first-order valence-electron chi connectivity index (χ1n) is 6.49. The maximum atomic E-state index is 12.5. The molecule has 1 saturated heterocycles. The van der Waals surface area contributed by atoms with Gasteiger partial charge >= 0.3 is 0 Å². The van der Waals surface area contributed by atoms with E-state index in [4.69, 9.17) is 11.6 Å². The Balaban J connectivity index is 2.28. The lowest BCUT2D eigenvalue weighted by molar-refractivity contribution is -0.124. The van der Waals surface area contributed by atoms with Crippen LogP contribution in [-0.2, 0) is 4.79 Å². The summed E-state index contributed by atoms with van der Waals surface area (Å²) in [6.45, 7) is 6.20. The van der Waals surface area contributed by atoms with Gasteiger partial charge in [-0.2, -0.15) is 0 Å². The van der Waals surface area contributed by atoms with Crippen molar-refractivity contribution in [3.63, 3.8) is 0 Å². The Morgan fingerprint density at radius 3 is 2.85 bits per heavy atom. The van der Waals surface area contributed by atoms with Crippen molar-refractivity contribution in [2.75, 3.05) is 13.1 Å². The molecule has 2 amide bonds. The molecule has 20 heavy (non-hydrogen) atoms. The van der Waals surface area contributed by atoms with Crippen LogP contribution >= 0.6 is 11.6 Å². The number of hydrogen-bond acceptors (Lipinski definition) is 4. The van der Waals surface area contributed by atoms with Crippen molar-refractivity contribution in [2.24, 2.45) is 0 Å². The lowest BCUT2D eigenvalue weighted by atomic mass is 10.2. The second-order valence-corrected chi connectivity index (χ2v) is 5.64. The van der Waals surface area contributed by atoms with E-state index >= 15 is 0 Å². The number of piperazine rings is 1. The Kier molecular flexibility index (Phi) is 4.23. The van der Waals surface area contributed by atoms with E-state index in [1.807, 2.05) is 20.8 Å².